The first-order chi connectivity index (χ1) is 5.65. The summed E-state index contributed by atoms with van der Waals surface area (Å²) in [6.45, 7) is 1.71. The lowest BCUT2D eigenvalue weighted by Crippen LogP contribution is -2.02. The Bertz CT molecular complexity index is 309. The second-order valence-corrected chi connectivity index (χ2v) is 2.79. The van der Waals surface area contributed by atoms with Crippen molar-refractivity contribution in [1.29, 1.82) is 5.41 Å². The van der Waals surface area contributed by atoms with Gasteiger partial charge >= 0.3 is 0 Å². The summed E-state index contributed by atoms with van der Waals surface area (Å²) < 4.78 is 0. The molecule has 0 amide bonds. The van der Waals surface area contributed by atoms with Gasteiger partial charge in [-0.3, -0.25) is 0 Å². The van der Waals surface area contributed by atoms with Gasteiger partial charge in [0.1, 0.15) is 11.0 Å². The minimum absolute atomic E-state index is 0.435. The zero-order valence-corrected chi connectivity index (χ0v) is 7.74. The van der Waals surface area contributed by atoms with Crippen molar-refractivity contribution in [3.05, 3.63) is 22.8 Å². The molecule has 0 radical (unpaired) electrons. The quantitative estimate of drug-likeness (QED) is 0.545. The van der Waals surface area contributed by atoms with Gasteiger partial charge in [-0.05, 0) is 19.1 Å². The minimum atomic E-state index is 0.435. The van der Waals surface area contributed by atoms with Crippen LogP contribution < -0.4 is 5.32 Å². The molecule has 4 heteroatoms. The van der Waals surface area contributed by atoms with Gasteiger partial charge < -0.3 is 10.7 Å². The molecule has 0 unspecified atom stereocenters. The summed E-state index contributed by atoms with van der Waals surface area (Å²) in [5.41, 5.74) is 1.26. The number of nitrogens with zero attached hydrogens (tertiary/aromatic N) is 1. The number of anilines is 1. The molecule has 1 rings (SSSR count). The fourth-order valence-corrected chi connectivity index (χ4v) is 1.08. The molecule has 0 aromatic carbocycles. The Morgan fingerprint density at radius 1 is 1.58 bits per heavy atom. The third kappa shape index (κ3) is 1.74. The smallest absolute Gasteiger partial charge is 0.136 e. The second kappa shape index (κ2) is 3.54. The van der Waals surface area contributed by atoms with E-state index in [1.165, 1.54) is 0 Å². The van der Waals surface area contributed by atoms with Crippen LogP contribution in [-0.4, -0.2) is 17.7 Å². The van der Waals surface area contributed by atoms with Gasteiger partial charge in [-0.25, -0.2) is 4.98 Å². The number of hydrogen-bond donors (Lipinski definition) is 2. The second-order valence-electron chi connectivity index (χ2n) is 2.41. The van der Waals surface area contributed by atoms with Gasteiger partial charge in [0.2, 0.25) is 0 Å². The van der Waals surface area contributed by atoms with Crippen molar-refractivity contribution in [1.82, 2.24) is 4.98 Å². The summed E-state index contributed by atoms with van der Waals surface area (Å²) in [6, 6.07) is 3.46. The summed E-state index contributed by atoms with van der Waals surface area (Å²) in [5.74, 6) is 0.648. The highest BCUT2D eigenvalue weighted by Crippen LogP contribution is 2.15. The minimum Gasteiger partial charge on any atom is -0.373 e. The highest BCUT2D eigenvalue weighted by molar-refractivity contribution is 6.29. The Morgan fingerprint density at radius 3 is 2.75 bits per heavy atom. The van der Waals surface area contributed by atoms with Gasteiger partial charge in [0.25, 0.3) is 0 Å². The van der Waals surface area contributed by atoms with Crippen molar-refractivity contribution < 1.29 is 0 Å². The fourth-order valence-electron chi connectivity index (χ4n) is 0.929. The highest BCUT2D eigenvalue weighted by atomic mass is 35.5. The first-order valence-electron chi connectivity index (χ1n) is 3.55. The molecule has 3 nitrogen and oxygen atoms in total. The molecule has 0 aliphatic carbocycles. The molecule has 0 saturated heterocycles. The van der Waals surface area contributed by atoms with Crippen LogP contribution in [0.5, 0.6) is 0 Å². The van der Waals surface area contributed by atoms with Gasteiger partial charge in [-0.1, -0.05) is 11.6 Å². The number of nitrogens with one attached hydrogen (secondary N) is 2. The number of pyridine rings is 1. The molecule has 0 aliphatic rings. The van der Waals surface area contributed by atoms with Crippen molar-refractivity contribution in [2.75, 3.05) is 12.4 Å². The highest BCUT2D eigenvalue weighted by Gasteiger charge is 2.04. The van der Waals surface area contributed by atoms with E-state index in [2.05, 4.69) is 10.3 Å². The molecule has 12 heavy (non-hydrogen) atoms. The van der Waals surface area contributed by atoms with Gasteiger partial charge in [0.15, 0.2) is 0 Å². The molecular weight excluding hydrogens is 174 g/mol. The average Bonchev–Trinajstić information content (AvgIpc) is 2.03. The maximum absolute atomic E-state index is 7.43. The third-order valence-corrected chi connectivity index (χ3v) is 1.71. The molecule has 0 aliphatic heterocycles. The van der Waals surface area contributed by atoms with Gasteiger partial charge in [0, 0.05) is 18.3 Å². The summed E-state index contributed by atoms with van der Waals surface area (Å²) in [5, 5.41) is 10.7. The van der Waals surface area contributed by atoms with Crippen LogP contribution in [0, 0.1) is 5.41 Å². The monoisotopic (exact) mass is 183 g/mol. The predicted octanol–water partition coefficient (Wildman–Crippen LogP) is 2.16. The van der Waals surface area contributed by atoms with E-state index in [9.17, 15) is 0 Å². The molecule has 0 saturated carbocycles. The van der Waals surface area contributed by atoms with E-state index in [1.54, 1.807) is 26.1 Å². The average molecular weight is 184 g/mol. The van der Waals surface area contributed by atoms with E-state index in [1.807, 2.05) is 0 Å². The van der Waals surface area contributed by atoms with Crippen LogP contribution in [0.25, 0.3) is 0 Å². The molecule has 0 atom stereocenters. The van der Waals surface area contributed by atoms with Crippen LogP contribution >= 0.6 is 11.6 Å². The van der Waals surface area contributed by atoms with E-state index in [0.29, 0.717) is 16.7 Å². The standard InChI is InChI=1S/C8H10ClN3/c1-5(10)6-3-4-7(9)12-8(6)11-2/h3-4,10H,1-2H3,(H,11,12). The largest absolute Gasteiger partial charge is 0.373 e. The Balaban J connectivity index is 3.20. The Morgan fingerprint density at radius 2 is 2.25 bits per heavy atom. The summed E-state index contributed by atoms with van der Waals surface area (Å²) >= 11 is 5.68. The number of aromatic nitrogens is 1. The maximum atomic E-state index is 7.43. The van der Waals surface area contributed by atoms with E-state index >= 15 is 0 Å². The number of rotatable bonds is 2. The van der Waals surface area contributed by atoms with Crippen molar-refractivity contribution in [3.8, 4) is 0 Å². The summed E-state index contributed by atoms with van der Waals surface area (Å²) in [7, 11) is 1.76. The van der Waals surface area contributed by atoms with Crippen molar-refractivity contribution in [3.63, 3.8) is 0 Å². The van der Waals surface area contributed by atoms with E-state index in [4.69, 9.17) is 17.0 Å². The third-order valence-electron chi connectivity index (χ3n) is 1.50. The van der Waals surface area contributed by atoms with Crippen LogP contribution in [0.15, 0.2) is 12.1 Å². The Kier molecular flexibility index (Phi) is 2.65. The fraction of sp³-hybridized carbons (Fsp3) is 0.250. The lowest BCUT2D eigenvalue weighted by atomic mass is 10.2. The summed E-state index contributed by atoms with van der Waals surface area (Å²) in [6.07, 6.45) is 0. The molecule has 0 spiro atoms. The van der Waals surface area contributed by atoms with Crippen LogP contribution in [-0.2, 0) is 0 Å². The van der Waals surface area contributed by atoms with Crippen LogP contribution in [0.3, 0.4) is 0 Å². The SMILES string of the molecule is CNc1nc(Cl)ccc1C(C)=N. The first-order valence-corrected chi connectivity index (χ1v) is 3.92. The van der Waals surface area contributed by atoms with Crippen LogP contribution in [0.1, 0.15) is 12.5 Å². The lowest BCUT2D eigenvalue weighted by Gasteiger charge is -2.05. The number of hydrogen-bond acceptors (Lipinski definition) is 3. The summed E-state index contributed by atoms with van der Waals surface area (Å²) in [4.78, 5) is 4.03. The van der Waals surface area contributed by atoms with Crippen LogP contribution in [0.4, 0.5) is 5.82 Å². The van der Waals surface area contributed by atoms with Gasteiger partial charge in [-0.2, -0.15) is 0 Å². The van der Waals surface area contributed by atoms with Gasteiger partial charge in [-0.15, -0.1) is 0 Å². The molecule has 0 fully saturated rings. The van der Waals surface area contributed by atoms with E-state index < -0.39 is 0 Å². The van der Waals surface area contributed by atoms with Crippen molar-refractivity contribution >= 4 is 23.1 Å². The molecule has 2 N–H and O–H groups in total. The molecule has 1 aromatic heterocycles. The molecular formula is C8H10ClN3. The molecule has 0 bridgehead atoms. The predicted molar refractivity (Wildman–Crippen MR) is 51.3 cm³/mol. The van der Waals surface area contributed by atoms with Crippen molar-refractivity contribution in [2.45, 2.75) is 6.92 Å². The molecule has 64 valence electrons. The number of halogens is 1. The zero-order chi connectivity index (χ0) is 9.14. The van der Waals surface area contributed by atoms with Crippen molar-refractivity contribution in [2.24, 2.45) is 0 Å². The normalized spacial score (nSPS) is 9.58. The Hall–Kier alpha value is -1.09. The Labute approximate surface area is 76.3 Å². The first kappa shape index (κ1) is 9.00. The topological polar surface area (TPSA) is 48.8 Å². The molecule has 1 heterocycles. The zero-order valence-electron chi connectivity index (χ0n) is 6.98. The van der Waals surface area contributed by atoms with Crippen LogP contribution in [0.2, 0.25) is 5.15 Å². The van der Waals surface area contributed by atoms with Gasteiger partial charge in [0.05, 0.1) is 0 Å². The molecule has 1 aromatic rings. The lowest BCUT2D eigenvalue weighted by molar-refractivity contribution is 1.27. The van der Waals surface area contributed by atoms with E-state index in [-0.39, 0.29) is 0 Å². The maximum Gasteiger partial charge on any atom is 0.136 e. The van der Waals surface area contributed by atoms with E-state index in [0.717, 1.165) is 5.56 Å².